The quantitative estimate of drug-likeness (QED) is 0.845. The summed E-state index contributed by atoms with van der Waals surface area (Å²) in [4.78, 5) is 24.8. The van der Waals surface area contributed by atoms with Crippen LogP contribution >= 0.6 is 0 Å². The number of hydrogen-bond donors (Lipinski definition) is 2. The Morgan fingerprint density at radius 1 is 1.08 bits per heavy atom. The van der Waals surface area contributed by atoms with Crippen molar-refractivity contribution in [3.8, 4) is 5.75 Å². The molecule has 1 atom stereocenters. The molecule has 0 saturated heterocycles. The minimum absolute atomic E-state index is 0.143. The van der Waals surface area contributed by atoms with Crippen LogP contribution in [0.5, 0.6) is 5.75 Å². The topological polar surface area (TPSA) is 67.4 Å². The summed E-state index contributed by atoms with van der Waals surface area (Å²) in [6, 6.07) is 11.4. The van der Waals surface area contributed by atoms with Crippen molar-refractivity contribution >= 4 is 17.5 Å². The number of benzene rings is 2. The normalized spacial score (nSPS) is 11.7. The van der Waals surface area contributed by atoms with Crippen molar-refractivity contribution < 1.29 is 18.7 Å². The highest BCUT2D eigenvalue weighted by Crippen LogP contribution is 2.14. The van der Waals surface area contributed by atoms with Crippen LogP contribution in [0, 0.1) is 11.7 Å². The third kappa shape index (κ3) is 5.04. The van der Waals surface area contributed by atoms with Crippen LogP contribution in [0.2, 0.25) is 0 Å². The largest absolute Gasteiger partial charge is 0.497 e. The number of methoxy groups -OCH3 is 1. The summed E-state index contributed by atoms with van der Waals surface area (Å²) in [7, 11) is 1.54. The van der Waals surface area contributed by atoms with E-state index in [1.54, 1.807) is 37.4 Å². The molecule has 2 rings (SSSR count). The Hall–Kier alpha value is -2.89. The number of hydrogen-bond acceptors (Lipinski definition) is 3. The number of anilines is 1. The molecule has 0 radical (unpaired) electrons. The molecule has 132 valence electrons. The van der Waals surface area contributed by atoms with Crippen molar-refractivity contribution in [2.75, 3.05) is 12.4 Å². The van der Waals surface area contributed by atoms with Gasteiger partial charge in [0.15, 0.2) is 0 Å². The van der Waals surface area contributed by atoms with Gasteiger partial charge in [0.2, 0.25) is 5.91 Å². The summed E-state index contributed by atoms with van der Waals surface area (Å²) >= 11 is 0. The molecule has 5 nitrogen and oxygen atoms in total. The van der Waals surface area contributed by atoms with E-state index >= 15 is 0 Å². The van der Waals surface area contributed by atoms with E-state index < -0.39 is 17.8 Å². The Labute approximate surface area is 146 Å². The van der Waals surface area contributed by atoms with Gasteiger partial charge < -0.3 is 15.4 Å². The highest BCUT2D eigenvalue weighted by molar-refractivity contribution is 6.01. The maximum atomic E-state index is 13.2. The molecule has 0 aliphatic heterocycles. The lowest BCUT2D eigenvalue weighted by Gasteiger charge is -2.22. The van der Waals surface area contributed by atoms with Crippen LogP contribution in [-0.4, -0.2) is 25.0 Å². The smallest absolute Gasteiger partial charge is 0.251 e. The van der Waals surface area contributed by atoms with Crippen LogP contribution in [0.15, 0.2) is 48.5 Å². The van der Waals surface area contributed by atoms with Crippen LogP contribution < -0.4 is 15.4 Å². The first-order valence-electron chi connectivity index (χ1n) is 7.92. The van der Waals surface area contributed by atoms with Gasteiger partial charge in [-0.05, 0) is 48.4 Å². The molecule has 0 saturated carbocycles. The lowest BCUT2D eigenvalue weighted by atomic mass is 10.0. The van der Waals surface area contributed by atoms with E-state index in [4.69, 9.17) is 4.74 Å². The van der Waals surface area contributed by atoms with E-state index in [1.165, 1.54) is 18.2 Å². The fraction of sp³-hybridized carbons (Fsp3) is 0.263. The highest BCUT2D eigenvalue weighted by atomic mass is 19.1. The van der Waals surface area contributed by atoms with Crippen molar-refractivity contribution in [1.29, 1.82) is 0 Å². The number of carbonyl (C=O) groups is 2. The van der Waals surface area contributed by atoms with Gasteiger partial charge in [-0.3, -0.25) is 9.59 Å². The summed E-state index contributed by atoms with van der Waals surface area (Å²) in [6.07, 6.45) is 0. The Bertz CT molecular complexity index is 745. The van der Waals surface area contributed by atoms with Gasteiger partial charge in [0.05, 0.1) is 7.11 Å². The Balaban J connectivity index is 2.08. The molecule has 2 N–H and O–H groups in total. The summed E-state index contributed by atoms with van der Waals surface area (Å²) < 4.78 is 18.3. The van der Waals surface area contributed by atoms with Gasteiger partial charge in [-0.2, -0.15) is 0 Å². The lowest BCUT2D eigenvalue weighted by Crippen LogP contribution is -2.47. The van der Waals surface area contributed by atoms with Crippen molar-refractivity contribution in [3.63, 3.8) is 0 Å². The van der Waals surface area contributed by atoms with Crippen molar-refractivity contribution in [2.45, 2.75) is 19.9 Å². The summed E-state index contributed by atoms with van der Waals surface area (Å²) in [6.45, 7) is 3.65. The van der Waals surface area contributed by atoms with E-state index in [0.717, 1.165) is 0 Å². The Morgan fingerprint density at radius 3 is 2.32 bits per heavy atom. The van der Waals surface area contributed by atoms with Crippen molar-refractivity contribution in [3.05, 3.63) is 59.9 Å². The zero-order valence-electron chi connectivity index (χ0n) is 14.4. The Morgan fingerprint density at radius 2 is 1.76 bits per heavy atom. The van der Waals surface area contributed by atoms with Gasteiger partial charge in [0.1, 0.15) is 17.6 Å². The van der Waals surface area contributed by atoms with Gasteiger partial charge in [-0.25, -0.2) is 4.39 Å². The summed E-state index contributed by atoms with van der Waals surface area (Å²) in [5, 5.41) is 5.34. The molecule has 0 unspecified atom stereocenters. The standard InChI is InChI=1S/C19H21FN2O3/c1-12(2)17(19(24)21-15-6-4-5-14(20)11-15)22-18(23)13-7-9-16(25-3)10-8-13/h4-12,17H,1-3H3,(H,21,24)(H,22,23)/t17-/m0/s1. The average Bonchev–Trinajstić information content (AvgIpc) is 2.59. The molecule has 0 aromatic heterocycles. The Kier molecular flexibility index (Phi) is 6.11. The highest BCUT2D eigenvalue weighted by Gasteiger charge is 2.25. The van der Waals surface area contributed by atoms with Crippen LogP contribution in [0.25, 0.3) is 0 Å². The van der Waals surface area contributed by atoms with E-state index in [0.29, 0.717) is 17.0 Å². The fourth-order valence-corrected chi connectivity index (χ4v) is 2.29. The zero-order chi connectivity index (χ0) is 18.4. The predicted octanol–water partition coefficient (Wildman–Crippen LogP) is 3.23. The second-order valence-corrected chi connectivity index (χ2v) is 5.92. The molecule has 0 bridgehead atoms. The summed E-state index contributed by atoms with van der Waals surface area (Å²) in [5.41, 5.74) is 0.763. The minimum Gasteiger partial charge on any atom is -0.497 e. The third-order valence-corrected chi connectivity index (χ3v) is 3.68. The molecule has 0 aliphatic carbocycles. The van der Waals surface area contributed by atoms with Crippen LogP contribution in [0.1, 0.15) is 24.2 Å². The van der Waals surface area contributed by atoms with E-state index in [2.05, 4.69) is 10.6 Å². The number of ether oxygens (including phenoxy) is 1. The van der Waals surface area contributed by atoms with Crippen LogP contribution in [0.4, 0.5) is 10.1 Å². The predicted molar refractivity (Wildman–Crippen MR) is 94.1 cm³/mol. The van der Waals surface area contributed by atoms with E-state index in [9.17, 15) is 14.0 Å². The molecule has 2 amide bonds. The number of amides is 2. The molecule has 25 heavy (non-hydrogen) atoms. The lowest BCUT2D eigenvalue weighted by molar-refractivity contribution is -0.118. The second-order valence-electron chi connectivity index (χ2n) is 5.92. The first kappa shape index (κ1) is 18.4. The third-order valence-electron chi connectivity index (χ3n) is 3.68. The van der Waals surface area contributed by atoms with Crippen LogP contribution in [-0.2, 0) is 4.79 Å². The monoisotopic (exact) mass is 344 g/mol. The molecule has 2 aromatic carbocycles. The summed E-state index contributed by atoms with van der Waals surface area (Å²) in [5.74, 6) is -0.712. The first-order chi connectivity index (χ1) is 11.9. The fourth-order valence-electron chi connectivity index (χ4n) is 2.29. The maximum Gasteiger partial charge on any atom is 0.251 e. The molecule has 0 spiro atoms. The van der Waals surface area contributed by atoms with Gasteiger partial charge in [-0.1, -0.05) is 19.9 Å². The first-order valence-corrected chi connectivity index (χ1v) is 7.92. The van der Waals surface area contributed by atoms with Gasteiger partial charge in [-0.15, -0.1) is 0 Å². The van der Waals surface area contributed by atoms with Crippen molar-refractivity contribution in [1.82, 2.24) is 5.32 Å². The number of carbonyl (C=O) groups excluding carboxylic acids is 2. The molecular formula is C19H21FN2O3. The molecule has 2 aromatic rings. The van der Waals surface area contributed by atoms with Crippen LogP contribution in [0.3, 0.4) is 0 Å². The second kappa shape index (κ2) is 8.28. The maximum absolute atomic E-state index is 13.2. The van der Waals surface area contributed by atoms with Gasteiger partial charge in [0.25, 0.3) is 5.91 Å². The number of rotatable bonds is 6. The minimum atomic E-state index is -0.752. The van der Waals surface area contributed by atoms with Crippen molar-refractivity contribution in [2.24, 2.45) is 5.92 Å². The number of halogens is 1. The molecule has 6 heteroatoms. The molecular weight excluding hydrogens is 323 g/mol. The molecule has 0 aliphatic rings. The molecule has 0 fully saturated rings. The van der Waals surface area contributed by atoms with Gasteiger partial charge in [0, 0.05) is 11.3 Å². The van der Waals surface area contributed by atoms with E-state index in [-0.39, 0.29) is 11.8 Å². The average molecular weight is 344 g/mol. The molecule has 0 heterocycles. The SMILES string of the molecule is COc1ccc(C(=O)N[C@H](C(=O)Nc2cccc(F)c2)C(C)C)cc1. The van der Waals surface area contributed by atoms with Gasteiger partial charge >= 0.3 is 0 Å². The van der Waals surface area contributed by atoms with E-state index in [1.807, 2.05) is 13.8 Å². The number of nitrogens with one attached hydrogen (secondary N) is 2. The zero-order valence-corrected chi connectivity index (χ0v) is 14.4.